The number of carbonyl (C=O) groups is 1. The van der Waals surface area contributed by atoms with Gasteiger partial charge in [-0.3, -0.25) is 14.7 Å². The Bertz CT molecular complexity index is 1290. The SMILES string of the molecule is COc1ccc2cccnc2c1N1CCCN(C(C(C)=O)c2ccn(-c3ccccc3)n2)CC1. The number of Topliss-reactive ketones (excluding diaryl/α,β-unsaturated/α-hetero) is 1. The second-order valence-corrected chi connectivity index (χ2v) is 8.60. The number of carbonyl (C=O) groups excluding carboxylic acids is 1. The van der Waals surface area contributed by atoms with Crippen LogP contribution in [0.1, 0.15) is 25.1 Å². The molecule has 0 aliphatic carbocycles. The van der Waals surface area contributed by atoms with Gasteiger partial charge in [-0.15, -0.1) is 0 Å². The third-order valence-electron chi connectivity index (χ3n) is 6.44. The van der Waals surface area contributed by atoms with Crippen LogP contribution in [0.15, 0.2) is 73.1 Å². The number of fused-ring (bicyclic) bond motifs is 1. The highest BCUT2D eigenvalue weighted by Crippen LogP contribution is 2.36. The van der Waals surface area contributed by atoms with Crippen LogP contribution in [0.25, 0.3) is 16.6 Å². The van der Waals surface area contributed by atoms with Gasteiger partial charge in [-0.05, 0) is 49.7 Å². The van der Waals surface area contributed by atoms with Gasteiger partial charge in [0.1, 0.15) is 17.5 Å². The van der Waals surface area contributed by atoms with Gasteiger partial charge in [-0.2, -0.15) is 5.10 Å². The number of ether oxygens (including phenoxy) is 1. The molecule has 1 atom stereocenters. The van der Waals surface area contributed by atoms with E-state index in [4.69, 9.17) is 9.84 Å². The van der Waals surface area contributed by atoms with Gasteiger partial charge in [-0.1, -0.05) is 24.3 Å². The fraction of sp³-hybridized carbons (Fsp3) is 0.296. The summed E-state index contributed by atoms with van der Waals surface area (Å²) in [4.78, 5) is 22.0. The van der Waals surface area contributed by atoms with Gasteiger partial charge in [0, 0.05) is 44.0 Å². The van der Waals surface area contributed by atoms with E-state index in [9.17, 15) is 4.79 Å². The van der Waals surface area contributed by atoms with Crippen molar-refractivity contribution >= 4 is 22.4 Å². The van der Waals surface area contributed by atoms with Crippen molar-refractivity contribution in [3.05, 3.63) is 78.8 Å². The lowest BCUT2D eigenvalue weighted by atomic mass is 10.1. The minimum absolute atomic E-state index is 0.108. The fourth-order valence-electron chi connectivity index (χ4n) is 4.86. The maximum Gasteiger partial charge on any atom is 0.153 e. The van der Waals surface area contributed by atoms with Crippen LogP contribution in [0.5, 0.6) is 5.75 Å². The van der Waals surface area contributed by atoms with Crippen molar-refractivity contribution in [2.75, 3.05) is 38.2 Å². The Morgan fingerprint density at radius 3 is 2.62 bits per heavy atom. The van der Waals surface area contributed by atoms with Crippen LogP contribution in [0, 0.1) is 0 Å². The molecule has 0 spiro atoms. The maximum atomic E-state index is 12.8. The molecular formula is C27H29N5O2. The molecule has 1 unspecified atom stereocenters. The number of anilines is 1. The van der Waals surface area contributed by atoms with Gasteiger partial charge < -0.3 is 9.64 Å². The lowest BCUT2D eigenvalue weighted by molar-refractivity contribution is -0.122. The highest BCUT2D eigenvalue weighted by molar-refractivity contribution is 5.94. The first-order valence-corrected chi connectivity index (χ1v) is 11.7. The highest BCUT2D eigenvalue weighted by Gasteiger charge is 2.30. The number of hydrogen-bond donors (Lipinski definition) is 0. The van der Waals surface area contributed by atoms with Gasteiger partial charge in [-0.25, -0.2) is 4.68 Å². The number of methoxy groups -OCH3 is 1. The Hall–Kier alpha value is -3.71. The summed E-state index contributed by atoms with van der Waals surface area (Å²) in [5, 5.41) is 5.85. The van der Waals surface area contributed by atoms with E-state index in [0.717, 1.165) is 66.3 Å². The summed E-state index contributed by atoms with van der Waals surface area (Å²) in [7, 11) is 1.70. The van der Waals surface area contributed by atoms with Crippen molar-refractivity contribution in [2.24, 2.45) is 0 Å². The van der Waals surface area contributed by atoms with E-state index in [1.54, 1.807) is 14.0 Å². The summed E-state index contributed by atoms with van der Waals surface area (Å²) in [6.45, 7) is 4.86. The van der Waals surface area contributed by atoms with Crippen LogP contribution in [-0.4, -0.2) is 58.7 Å². The molecule has 0 amide bonds. The normalized spacial score (nSPS) is 15.8. The molecule has 3 heterocycles. The Balaban J connectivity index is 1.41. The number of para-hydroxylation sites is 1. The molecule has 0 N–H and O–H groups in total. The van der Waals surface area contributed by atoms with E-state index in [2.05, 4.69) is 20.9 Å². The summed E-state index contributed by atoms with van der Waals surface area (Å²) in [5.74, 6) is 0.931. The Morgan fingerprint density at radius 2 is 1.82 bits per heavy atom. The van der Waals surface area contributed by atoms with Crippen LogP contribution in [-0.2, 0) is 4.79 Å². The number of hydrogen-bond acceptors (Lipinski definition) is 6. The van der Waals surface area contributed by atoms with Crippen molar-refractivity contribution in [3.8, 4) is 11.4 Å². The predicted molar refractivity (Wildman–Crippen MR) is 134 cm³/mol. The molecule has 2 aromatic carbocycles. The average Bonchev–Trinajstić information content (AvgIpc) is 3.23. The molecule has 34 heavy (non-hydrogen) atoms. The zero-order valence-corrected chi connectivity index (χ0v) is 19.6. The minimum atomic E-state index is -0.363. The Labute approximate surface area is 199 Å². The van der Waals surface area contributed by atoms with Crippen molar-refractivity contribution in [2.45, 2.75) is 19.4 Å². The summed E-state index contributed by atoms with van der Waals surface area (Å²) in [5.41, 5.74) is 3.73. The molecular weight excluding hydrogens is 426 g/mol. The predicted octanol–water partition coefficient (Wildman–Crippen LogP) is 4.27. The van der Waals surface area contributed by atoms with Crippen LogP contribution in [0.4, 0.5) is 5.69 Å². The zero-order chi connectivity index (χ0) is 23.5. The standard InChI is InChI=1S/C27H29N5O2/c1-20(33)26(23-13-17-32(29-23)22-9-4-3-5-10-22)30-15-7-16-31(19-18-30)27-24(34-2)12-11-21-8-6-14-28-25(21)27/h3-6,8-14,17,26H,7,15-16,18-19H2,1-2H3. The number of nitrogens with zero attached hydrogens (tertiary/aromatic N) is 5. The van der Waals surface area contributed by atoms with Gasteiger partial charge in [0.05, 0.1) is 24.0 Å². The van der Waals surface area contributed by atoms with Crippen molar-refractivity contribution in [3.63, 3.8) is 0 Å². The fourth-order valence-corrected chi connectivity index (χ4v) is 4.86. The first-order valence-electron chi connectivity index (χ1n) is 11.7. The van der Waals surface area contributed by atoms with E-state index < -0.39 is 0 Å². The Morgan fingerprint density at radius 1 is 0.971 bits per heavy atom. The van der Waals surface area contributed by atoms with Crippen LogP contribution in [0.3, 0.4) is 0 Å². The van der Waals surface area contributed by atoms with Crippen LogP contribution in [0.2, 0.25) is 0 Å². The number of benzene rings is 2. The summed E-state index contributed by atoms with van der Waals surface area (Å²) >= 11 is 0. The van der Waals surface area contributed by atoms with Crippen molar-refractivity contribution in [1.29, 1.82) is 0 Å². The molecule has 7 nitrogen and oxygen atoms in total. The molecule has 4 aromatic rings. The topological polar surface area (TPSA) is 63.5 Å². The second-order valence-electron chi connectivity index (χ2n) is 8.60. The monoisotopic (exact) mass is 455 g/mol. The molecule has 1 saturated heterocycles. The molecule has 1 fully saturated rings. The summed E-state index contributed by atoms with van der Waals surface area (Å²) in [6.07, 6.45) is 4.68. The molecule has 7 heteroatoms. The Kier molecular flexibility index (Phi) is 6.27. The molecule has 5 rings (SSSR count). The maximum absolute atomic E-state index is 12.8. The number of ketones is 1. The van der Waals surface area contributed by atoms with Crippen LogP contribution >= 0.6 is 0 Å². The largest absolute Gasteiger partial charge is 0.494 e. The molecule has 174 valence electrons. The molecule has 1 aliphatic heterocycles. The van der Waals surface area contributed by atoms with E-state index in [0.29, 0.717) is 0 Å². The quantitative estimate of drug-likeness (QED) is 0.433. The van der Waals surface area contributed by atoms with E-state index in [1.807, 2.05) is 71.7 Å². The molecule has 0 radical (unpaired) electrons. The number of pyridine rings is 1. The van der Waals surface area contributed by atoms with E-state index in [-0.39, 0.29) is 11.8 Å². The zero-order valence-electron chi connectivity index (χ0n) is 19.6. The second kappa shape index (κ2) is 9.65. The lowest BCUT2D eigenvalue weighted by Gasteiger charge is -2.28. The number of aromatic nitrogens is 3. The van der Waals surface area contributed by atoms with E-state index >= 15 is 0 Å². The molecule has 0 bridgehead atoms. The summed E-state index contributed by atoms with van der Waals surface area (Å²) in [6, 6.07) is 19.6. The molecule has 0 saturated carbocycles. The molecule has 2 aromatic heterocycles. The van der Waals surface area contributed by atoms with Gasteiger partial charge in [0.15, 0.2) is 5.78 Å². The molecule has 1 aliphatic rings. The summed E-state index contributed by atoms with van der Waals surface area (Å²) < 4.78 is 7.55. The van der Waals surface area contributed by atoms with Gasteiger partial charge in [0.25, 0.3) is 0 Å². The van der Waals surface area contributed by atoms with Crippen molar-refractivity contribution < 1.29 is 9.53 Å². The minimum Gasteiger partial charge on any atom is -0.494 e. The third-order valence-corrected chi connectivity index (χ3v) is 6.44. The van der Waals surface area contributed by atoms with Gasteiger partial charge in [0.2, 0.25) is 0 Å². The van der Waals surface area contributed by atoms with Crippen molar-refractivity contribution in [1.82, 2.24) is 19.7 Å². The smallest absolute Gasteiger partial charge is 0.153 e. The lowest BCUT2D eigenvalue weighted by Crippen LogP contribution is -2.37. The third kappa shape index (κ3) is 4.26. The number of rotatable bonds is 6. The first kappa shape index (κ1) is 22.1. The average molecular weight is 456 g/mol. The van der Waals surface area contributed by atoms with E-state index in [1.165, 1.54) is 0 Å². The first-order chi connectivity index (χ1) is 16.7. The van der Waals surface area contributed by atoms with Crippen LogP contribution < -0.4 is 9.64 Å². The van der Waals surface area contributed by atoms with Gasteiger partial charge >= 0.3 is 0 Å². The highest BCUT2D eigenvalue weighted by atomic mass is 16.5.